The molecule has 0 aromatic heterocycles. The van der Waals surface area contributed by atoms with E-state index in [0.29, 0.717) is 0 Å². The first kappa shape index (κ1) is 16.4. The van der Waals surface area contributed by atoms with Crippen molar-refractivity contribution in [2.75, 3.05) is 13.7 Å². The quantitative estimate of drug-likeness (QED) is 0.339. The zero-order valence-corrected chi connectivity index (χ0v) is 13.4. The number of nitro groups is 1. The monoisotopic (exact) mass is 354 g/mol. The first-order chi connectivity index (χ1) is 11.3. The van der Waals surface area contributed by atoms with Crippen LogP contribution in [0, 0.1) is 16.0 Å². The molecule has 0 radical (unpaired) electrons. The summed E-state index contributed by atoms with van der Waals surface area (Å²) in [6, 6.07) is 3.90. The summed E-state index contributed by atoms with van der Waals surface area (Å²) in [6.45, 7) is -0.208. The number of ether oxygens (including phenoxy) is 1. The van der Waals surface area contributed by atoms with E-state index in [1.807, 2.05) is 12.2 Å². The third-order valence-corrected chi connectivity index (χ3v) is 5.46. The first-order valence-corrected chi connectivity index (χ1v) is 8.44. The van der Waals surface area contributed by atoms with Crippen LogP contribution >= 0.6 is 0 Å². The van der Waals surface area contributed by atoms with Crippen molar-refractivity contribution in [3.8, 4) is 0 Å². The Morgan fingerprint density at radius 1 is 1.29 bits per heavy atom. The molecule has 3 rings (SSSR count). The van der Waals surface area contributed by atoms with Crippen LogP contribution in [0.15, 0.2) is 41.3 Å². The maximum atomic E-state index is 12.2. The highest BCUT2D eigenvalue weighted by Gasteiger charge is 2.53. The van der Waals surface area contributed by atoms with Crippen LogP contribution < -0.4 is 0 Å². The van der Waals surface area contributed by atoms with E-state index in [1.165, 1.54) is 12.0 Å². The molecular formula is C14H14N2O7S. The van der Waals surface area contributed by atoms with Gasteiger partial charge in [-0.2, -0.15) is 8.42 Å². The summed E-state index contributed by atoms with van der Waals surface area (Å²) in [5, 5.41) is 10.6. The van der Waals surface area contributed by atoms with Gasteiger partial charge in [0.1, 0.15) is 0 Å². The molecule has 1 aliphatic heterocycles. The number of methoxy groups -OCH3 is 1. The summed E-state index contributed by atoms with van der Waals surface area (Å²) in [6.07, 6.45) is 3.18. The molecule has 1 saturated heterocycles. The Bertz CT molecular complexity index is 803. The van der Waals surface area contributed by atoms with Crippen molar-refractivity contribution in [2.24, 2.45) is 5.92 Å². The molecule has 1 amide bonds. The van der Waals surface area contributed by atoms with Gasteiger partial charge in [-0.15, -0.1) is 0 Å². The fraction of sp³-hybridized carbons (Fsp3) is 0.357. The lowest BCUT2D eigenvalue weighted by atomic mass is 9.72. The molecule has 3 atom stereocenters. The van der Waals surface area contributed by atoms with Gasteiger partial charge in [0.05, 0.1) is 35.6 Å². The minimum Gasteiger partial charge on any atom is -0.453 e. The van der Waals surface area contributed by atoms with Gasteiger partial charge in [-0.05, 0) is 12.1 Å². The van der Waals surface area contributed by atoms with Crippen LogP contribution in [-0.2, 0) is 19.0 Å². The van der Waals surface area contributed by atoms with Gasteiger partial charge in [-0.1, -0.05) is 12.2 Å². The van der Waals surface area contributed by atoms with Crippen LogP contribution in [0.25, 0.3) is 0 Å². The molecule has 0 unspecified atom stereocenters. The lowest BCUT2D eigenvalue weighted by molar-refractivity contribution is -0.384. The summed E-state index contributed by atoms with van der Waals surface area (Å²) in [4.78, 5) is 22.9. The molecule has 1 aliphatic carbocycles. The molecular weight excluding hydrogens is 340 g/mol. The summed E-state index contributed by atoms with van der Waals surface area (Å²) in [5.74, 6) is 0.0520. The van der Waals surface area contributed by atoms with E-state index in [4.69, 9.17) is 4.18 Å². The smallest absolute Gasteiger partial charge is 0.410 e. The fourth-order valence-corrected chi connectivity index (χ4v) is 3.72. The number of carbonyl (C=O) groups is 1. The Hall–Kier alpha value is -2.46. The maximum Gasteiger partial charge on any atom is 0.410 e. The number of amides is 1. The molecule has 2 aliphatic rings. The van der Waals surface area contributed by atoms with Crippen molar-refractivity contribution in [3.63, 3.8) is 0 Å². The Balaban J connectivity index is 1.68. The maximum absolute atomic E-state index is 12.2. The number of rotatable bonds is 5. The SMILES string of the molecule is COC(=O)N1[C@H](COS(=O)(=O)c2ccc([N+](=O)[O-])cc2)[C@@H]2C=C[C@@H]21. The summed E-state index contributed by atoms with van der Waals surface area (Å²) in [7, 11) is -2.82. The molecule has 1 aromatic rings. The minimum atomic E-state index is -4.07. The van der Waals surface area contributed by atoms with E-state index in [9.17, 15) is 23.3 Å². The summed E-state index contributed by atoms with van der Waals surface area (Å²) < 4.78 is 34.0. The zero-order valence-electron chi connectivity index (χ0n) is 12.6. The molecule has 0 spiro atoms. The second-order valence-corrected chi connectivity index (χ2v) is 7.00. The highest BCUT2D eigenvalue weighted by Crippen LogP contribution is 2.41. The number of nitro benzene ring substituents is 1. The number of nitrogens with zero attached hydrogens (tertiary/aromatic N) is 2. The van der Waals surface area contributed by atoms with Gasteiger partial charge in [0.2, 0.25) is 0 Å². The number of fused-ring (bicyclic) bond motifs is 1. The van der Waals surface area contributed by atoms with Crippen LogP contribution in [0.4, 0.5) is 10.5 Å². The third kappa shape index (κ3) is 2.63. The second-order valence-electron chi connectivity index (χ2n) is 5.39. The minimum absolute atomic E-state index is 0.0520. The summed E-state index contributed by atoms with van der Waals surface area (Å²) in [5.41, 5.74) is -0.216. The van der Waals surface area contributed by atoms with Gasteiger partial charge in [0.15, 0.2) is 0 Å². The number of likely N-dealkylation sites (tertiary alicyclic amines) is 1. The van der Waals surface area contributed by atoms with Crippen LogP contribution in [0.2, 0.25) is 0 Å². The van der Waals surface area contributed by atoms with Crippen molar-refractivity contribution in [1.82, 2.24) is 4.90 Å². The highest BCUT2D eigenvalue weighted by atomic mass is 32.2. The number of hydrogen-bond donors (Lipinski definition) is 0. The van der Waals surface area contributed by atoms with Gasteiger partial charge >= 0.3 is 6.09 Å². The predicted octanol–water partition coefficient (Wildman–Crippen LogP) is 1.31. The Morgan fingerprint density at radius 3 is 2.46 bits per heavy atom. The second kappa shape index (κ2) is 5.87. The number of non-ortho nitro benzene ring substituents is 1. The zero-order chi connectivity index (χ0) is 17.5. The van der Waals surface area contributed by atoms with Crippen LogP contribution in [-0.4, -0.2) is 50.1 Å². The third-order valence-electron chi connectivity index (χ3n) is 4.16. The largest absolute Gasteiger partial charge is 0.453 e. The molecule has 0 bridgehead atoms. The van der Waals surface area contributed by atoms with E-state index in [-0.39, 0.29) is 29.1 Å². The van der Waals surface area contributed by atoms with Crippen LogP contribution in [0.1, 0.15) is 0 Å². The van der Waals surface area contributed by atoms with Crippen molar-refractivity contribution >= 4 is 21.9 Å². The molecule has 1 fully saturated rings. The van der Waals surface area contributed by atoms with E-state index in [0.717, 1.165) is 24.3 Å². The van der Waals surface area contributed by atoms with Gasteiger partial charge < -0.3 is 4.74 Å². The lowest BCUT2D eigenvalue weighted by Crippen LogP contribution is -2.69. The molecule has 24 heavy (non-hydrogen) atoms. The van der Waals surface area contributed by atoms with Gasteiger partial charge in [-0.3, -0.25) is 19.2 Å². The van der Waals surface area contributed by atoms with E-state index in [1.54, 1.807) is 0 Å². The van der Waals surface area contributed by atoms with Crippen LogP contribution in [0.3, 0.4) is 0 Å². The van der Waals surface area contributed by atoms with E-state index < -0.39 is 27.2 Å². The summed E-state index contributed by atoms with van der Waals surface area (Å²) >= 11 is 0. The molecule has 1 aromatic carbocycles. The topological polar surface area (TPSA) is 116 Å². The van der Waals surface area contributed by atoms with Gasteiger partial charge in [0, 0.05) is 18.1 Å². The Kier molecular flexibility index (Phi) is 4.01. The number of benzene rings is 1. The standard InChI is InChI=1S/C14H14N2O7S/c1-22-14(17)15-12-7-6-11(12)13(15)8-23-24(20,21)10-4-2-9(3-5-10)16(18)19/h2-7,11-13H,8H2,1H3/t11-,12+,13-/m1/s1. The molecule has 1 heterocycles. The number of hydrogen-bond acceptors (Lipinski definition) is 7. The first-order valence-electron chi connectivity index (χ1n) is 7.03. The lowest BCUT2D eigenvalue weighted by Gasteiger charge is -2.56. The van der Waals surface area contributed by atoms with Crippen molar-refractivity contribution < 1.29 is 27.1 Å². The molecule has 0 saturated carbocycles. The average Bonchev–Trinajstić information content (AvgIpc) is 2.54. The van der Waals surface area contributed by atoms with E-state index >= 15 is 0 Å². The molecule has 0 N–H and O–H groups in total. The van der Waals surface area contributed by atoms with Crippen molar-refractivity contribution in [3.05, 3.63) is 46.5 Å². The van der Waals surface area contributed by atoms with Gasteiger partial charge in [-0.25, -0.2) is 4.79 Å². The van der Waals surface area contributed by atoms with E-state index in [2.05, 4.69) is 4.74 Å². The molecule has 9 nitrogen and oxygen atoms in total. The number of carbonyl (C=O) groups excluding carboxylic acids is 1. The normalized spacial score (nSPS) is 24.5. The molecule has 128 valence electrons. The Labute approximate surface area is 137 Å². The van der Waals surface area contributed by atoms with Crippen molar-refractivity contribution in [2.45, 2.75) is 17.0 Å². The van der Waals surface area contributed by atoms with Crippen molar-refractivity contribution in [1.29, 1.82) is 0 Å². The predicted molar refractivity (Wildman–Crippen MR) is 80.7 cm³/mol. The van der Waals surface area contributed by atoms with Gasteiger partial charge in [0.25, 0.3) is 15.8 Å². The highest BCUT2D eigenvalue weighted by molar-refractivity contribution is 7.86. The fourth-order valence-electron chi connectivity index (χ4n) is 2.79. The van der Waals surface area contributed by atoms with Crippen LogP contribution in [0.5, 0.6) is 0 Å². The average molecular weight is 354 g/mol. The Morgan fingerprint density at radius 2 is 1.96 bits per heavy atom. The molecule has 10 heteroatoms.